The van der Waals surface area contributed by atoms with Crippen LogP contribution in [0.1, 0.15) is 20.3 Å². The molecule has 0 fully saturated rings. The molecule has 4 N–H and O–H groups in total. The molecule has 90 valence electrons. The fourth-order valence-electron chi connectivity index (χ4n) is 0.894. The highest BCUT2D eigenvalue weighted by molar-refractivity contribution is 7.87. The summed E-state index contributed by atoms with van der Waals surface area (Å²) in [5.41, 5.74) is 0. The Morgan fingerprint density at radius 3 is 2.20 bits per heavy atom. The smallest absolute Gasteiger partial charge is 0.321 e. The van der Waals surface area contributed by atoms with Gasteiger partial charge in [-0.3, -0.25) is 4.79 Å². The molecule has 0 saturated heterocycles. The molecule has 8 heteroatoms. The topological polar surface area (TPSA) is 116 Å². The summed E-state index contributed by atoms with van der Waals surface area (Å²) in [6.45, 7) is 2.82. The lowest BCUT2D eigenvalue weighted by atomic mass is 10.2. The number of nitrogens with one attached hydrogen (secondary N) is 2. The molecule has 1 atom stereocenters. The molecule has 0 amide bonds. The standard InChI is InChI=1S/C7H16N2O5S/c1-5(2)8-15(13,14)9-6(3-4-10)7(11)12/h5-6,8-10H,3-4H2,1-2H3,(H,11,12)/t6-/m1/s1. The van der Waals surface area contributed by atoms with Gasteiger partial charge < -0.3 is 10.2 Å². The van der Waals surface area contributed by atoms with Gasteiger partial charge >= 0.3 is 5.97 Å². The van der Waals surface area contributed by atoms with E-state index in [2.05, 4.69) is 4.72 Å². The molecule has 0 heterocycles. The van der Waals surface area contributed by atoms with Crippen molar-refractivity contribution in [2.24, 2.45) is 0 Å². The van der Waals surface area contributed by atoms with Gasteiger partial charge in [-0.15, -0.1) is 0 Å². The van der Waals surface area contributed by atoms with Gasteiger partial charge in [-0.05, 0) is 20.3 Å². The maximum atomic E-state index is 11.3. The second-order valence-corrected chi connectivity index (χ2v) is 4.78. The van der Waals surface area contributed by atoms with Gasteiger partial charge in [0.25, 0.3) is 10.2 Å². The SMILES string of the molecule is CC(C)NS(=O)(=O)N[C@H](CCO)C(=O)O. The number of aliphatic hydroxyl groups excluding tert-OH is 1. The van der Waals surface area contributed by atoms with Gasteiger partial charge in [0.05, 0.1) is 0 Å². The Morgan fingerprint density at radius 2 is 1.87 bits per heavy atom. The molecule has 7 nitrogen and oxygen atoms in total. The Balaban J connectivity index is 4.45. The number of carboxylic acids is 1. The fourth-order valence-corrected chi connectivity index (χ4v) is 2.18. The zero-order valence-corrected chi connectivity index (χ0v) is 9.41. The number of carboxylic acid groups (broad SMARTS) is 1. The van der Waals surface area contributed by atoms with Crippen LogP contribution >= 0.6 is 0 Å². The van der Waals surface area contributed by atoms with Crippen LogP contribution in [-0.4, -0.2) is 43.3 Å². The summed E-state index contributed by atoms with van der Waals surface area (Å²) in [6, 6.07) is -1.64. The van der Waals surface area contributed by atoms with Crippen LogP contribution in [0, 0.1) is 0 Å². The van der Waals surface area contributed by atoms with Crippen LogP contribution in [0.25, 0.3) is 0 Å². The minimum atomic E-state index is -3.84. The van der Waals surface area contributed by atoms with Crippen molar-refractivity contribution in [3.8, 4) is 0 Å². The molecule has 0 rings (SSSR count). The van der Waals surface area contributed by atoms with Crippen LogP contribution in [0.2, 0.25) is 0 Å². The van der Waals surface area contributed by atoms with Crippen molar-refractivity contribution in [2.45, 2.75) is 32.4 Å². The third-order valence-electron chi connectivity index (χ3n) is 1.40. The van der Waals surface area contributed by atoms with Crippen LogP contribution in [0.3, 0.4) is 0 Å². The van der Waals surface area contributed by atoms with Crippen molar-refractivity contribution in [3.63, 3.8) is 0 Å². The fraction of sp³-hybridized carbons (Fsp3) is 0.857. The summed E-state index contributed by atoms with van der Waals surface area (Å²) < 4.78 is 26.6. The molecule has 0 spiro atoms. The predicted octanol–water partition coefficient (Wildman–Crippen LogP) is -1.35. The molecular formula is C7H16N2O5S. The highest BCUT2D eigenvalue weighted by atomic mass is 32.2. The quantitative estimate of drug-likeness (QED) is 0.439. The van der Waals surface area contributed by atoms with Crippen molar-refractivity contribution >= 4 is 16.2 Å². The van der Waals surface area contributed by atoms with Gasteiger partial charge in [-0.1, -0.05) is 0 Å². The Morgan fingerprint density at radius 1 is 1.33 bits per heavy atom. The molecule has 0 saturated carbocycles. The van der Waals surface area contributed by atoms with E-state index < -0.39 is 28.8 Å². The second-order valence-electron chi connectivity index (χ2n) is 3.30. The minimum absolute atomic E-state index is 0.172. The molecule has 0 unspecified atom stereocenters. The van der Waals surface area contributed by atoms with Crippen molar-refractivity contribution in [1.82, 2.24) is 9.44 Å². The van der Waals surface area contributed by atoms with E-state index in [1.165, 1.54) is 0 Å². The second kappa shape index (κ2) is 6.01. The maximum absolute atomic E-state index is 11.3. The zero-order chi connectivity index (χ0) is 12.1. The lowest BCUT2D eigenvalue weighted by Gasteiger charge is -2.15. The molecule has 0 radical (unpaired) electrons. The van der Waals surface area contributed by atoms with E-state index in [0.717, 1.165) is 0 Å². The summed E-state index contributed by atoms with van der Waals surface area (Å²) in [7, 11) is -3.84. The number of aliphatic carboxylic acids is 1. The van der Waals surface area contributed by atoms with E-state index >= 15 is 0 Å². The third-order valence-corrected chi connectivity index (χ3v) is 2.78. The summed E-state index contributed by atoms with van der Waals surface area (Å²) >= 11 is 0. The molecule has 0 aromatic rings. The third kappa shape index (κ3) is 6.39. The van der Waals surface area contributed by atoms with Crippen LogP contribution in [0.5, 0.6) is 0 Å². The zero-order valence-electron chi connectivity index (χ0n) is 8.60. The number of rotatable bonds is 7. The van der Waals surface area contributed by atoms with Crippen LogP contribution in [-0.2, 0) is 15.0 Å². The normalized spacial score (nSPS) is 14.1. The first-order valence-corrected chi connectivity index (χ1v) is 5.90. The van der Waals surface area contributed by atoms with Gasteiger partial charge in [0.2, 0.25) is 0 Å². The van der Waals surface area contributed by atoms with E-state index in [1.54, 1.807) is 13.8 Å². The lowest BCUT2D eigenvalue weighted by Crippen LogP contribution is -2.48. The Bertz CT molecular complexity index is 301. The van der Waals surface area contributed by atoms with Crippen molar-refractivity contribution in [1.29, 1.82) is 0 Å². The van der Waals surface area contributed by atoms with Crippen LogP contribution in [0.4, 0.5) is 0 Å². The van der Waals surface area contributed by atoms with Gasteiger partial charge in [-0.2, -0.15) is 17.9 Å². The maximum Gasteiger partial charge on any atom is 0.321 e. The largest absolute Gasteiger partial charge is 0.480 e. The molecule has 0 aromatic heterocycles. The van der Waals surface area contributed by atoms with Crippen molar-refractivity contribution in [2.75, 3.05) is 6.61 Å². The van der Waals surface area contributed by atoms with Crippen molar-refractivity contribution in [3.05, 3.63) is 0 Å². The number of hydrogen-bond acceptors (Lipinski definition) is 4. The van der Waals surface area contributed by atoms with Gasteiger partial charge in [-0.25, -0.2) is 0 Å². The average molecular weight is 240 g/mol. The lowest BCUT2D eigenvalue weighted by molar-refractivity contribution is -0.139. The van der Waals surface area contributed by atoms with E-state index in [9.17, 15) is 13.2 Å². The minimum Gasteiger partial charge on any atom is -0.480 e. The highest BCUT2D eigenvalue weighted by Gasteiger charge is 2.23. The van der Waals surface area contributed by atoms with E-state index in [4.69, 9.17) is 10.2 Å². The van der Waals surface area contributed by atoms with E-state index in [0.29, 0.717) is 0 Å². The summed E-state index contributed by atoms with van der Waals surface area (Å²) in [6.07, 6.45) is -0.172. The molecular weight excluding hydrogens is 224 g/mol. The van der Waals surface area contributed by atoms with Crippen molar-refractivity contribution < 1.29 is 23.4 Å². The van der Waals surface area contributed by atoms with E-state index in [1.807, 2.05) is 4.72 Å². The molecule has 0 aliphatic carbocycles. The van der Waals surface area contributed by atoms with Gasteiger partial charge in [0.15, 0.2) is 0 Å². The summed E-state index contributed by atoms with van der Waals surface area (Å²) in [4.78, 5) is 10.6. The number of aliphatic hydroxyl groups is 1. The first-order chi connectivity index (χ1) is 6.78. The summed E-state index contributed by atoms with van der Waals surface area (Å²) in [5, 5.41) is 17.2. The Hall–Kier alpha value is -0.700. The first kappa shape index (κ1) is 14.3. The van der Waals surface area contributed by atoms with Crippen LogP contribution in [0.15, 0.2) is 0 Å². The Kier molecular flexibility index (Phi) is 5.73. The van der Waals surface area contributed by atoms with Gasteiger partial charge in [0, 0.05) is 12.6 Å². The first-order valence-electron chi connectivity index (χ1n) is 4.41. The molecule has 0 aliphatic heterocycles. The molecule has 0 bridgehead atoms. The monoisotopic (exact) mass is 240 g/mol. The van der Waals surface area contributed by atoms with Gasteiger partial charge in [0.1, 0.15) is 6.04 Å². The predicted molar refractivity (Wildman–Crippen MR) is 53.5 cm³/mol. The molecule has 0 aromatic carbocycles. The molecule has 15 heavy (non-hydrogen) atoms. The summed E-state index contributed by atoms with van der Waals surface area (Å²) in [5.74, 6) is -1.32. The number of carbonyl (C=O) groups is 1. The Labute approximate surface area is 88.7 Å². The van der Waals surface area contributed by atoms with E-state index in [-0.39, 0.29) is 12.5 Å². The van der Waals surface area contributed by atoms with Crippen LogP contribution < -0.4 is 9.44 Å². The molecule has 0 aliphatic rings. The highest BCUT2D eigenvalue weighted by Crippen LogP contribution is 1.94. The number of hydrogen-bond donors (Lipinski definition) is 4. The average Bonchev–Trinajstić information content (AvgIpc) is 2.00.